The van der Waals surface area contributed by atoms with Gasteiger partial charge in [-0.3, -0.25) is 0 Å². The minimum absolute atomic E-state index is 0.240. The number of hydrogen-bond donors (Lipinski definition) is 3. The number of aromatic hydroxyl groups is 1. The van der Waals surface area contributed by atoms with Crippen molar-refractivity contribution in [1.82, 2.24) is 4.98 Å². The largest absolute Gasteiger partial charge is 0.512 e. The number of aliphatic hydroxyl groups excluding tert-OH is 1. The molecule has 0 radical (unpaired) electrons. The van der Waals surface area contributed by atoms with E-state index < -0.39 is 0 Å². The van der Waals surface area contributed by atoms with Crippen LogP contribution >= 0.6 is 0 Å². The first-order valence-electron chi connectivity index (χ1n) is 11.0. The number of phenols is 1. The summed E-state index contributed by atoms with van der Waals surface area (Å²) >= 11 is 0. The monoisotopic (exact) mass is 424 g/mol. The molecule has 0 saturated heterocycles. The summed E-state index contributed by atoms with van der Waals surface area (Å²) in [7, 11) is 0. The van der Waals surface area contributed by atoms with Crippen LogP contribution in [0.2, 0.25) is 0 Å². The molecule has 0 aliphatic carbocycles. The SMILES string of the molecule is C/C=C(/O)CC(=C\C)/C(C)=C/Nc1ncc(-c2cccc(O)c2)cc1C.CC.CCC. The molecule has 0 aliphatic rings. The van der Waals surface area contributed by atoms with Crippen molar-refractivity contribution in [2.75, 3.05) is 5.32 Å². The fourth-order valence-electron chi connectivity index (χ4n) is 2.60. The van der Waals surface area contributed by atoms with Crippen LogP contribution in [0.15, 0.2) is 71.8 Å². The summed E-state index contributed by atoms with van der Waals surface area (Å²) in [6.45, 7) is 16.0. The molecule has 1 aromatic heterocycles. The predicted molar refractivity (Wildman–Crippen MR) is 136 cm³/mol. The lowest BCUT2D eigenvalue weighted by atomic mass is 10.0. The highest BCUT2D eigenvalue weighted by Crippen LogP contribution is 2.26. The van der Waals surface area contributed by atoms with Gasteiger partial charge in [-0.15, -0.1) is 0 Å². The highest BCUT2D eigenvalue weighted by Gasteiger charge is 2.05. The van der Waals surface area contributed by atoms with Gasteiger partial charge in [-0.1, -0.05) is 52.3 Å². The maximum Gasteiger partial charge on any atom is 0.132 e. The van der Waals surface area contributed by atoms with Crippen molar-refractivity contribution in [2.24, 2.45) is 0 Å². The maximum atomic E-state index is 9.74. The molecule has 0 atom stereocenters. The molecule has 0 amide bonds. The van der Waals surface area contributed by atoms with E-state index in [9.17, 15) is 10.2 Å². The third-order valence-corrected chi connectivity index (χ3v) is 4.24. The Morgan fingerprint density at radius 3 is 2.23 bits per heavy atom. The Hall–Kier alpha value is -3.01. The summed E-state index contributed by atoms with van der Waals surface area (Å²) in [5.41, 5.74) is 4.99. The lowest BCUT2D eigenvalue weighted by molar-refractivity contribution is 0.397. The standard InChI is InChI=1S/C22H26N2O2.C3H8.C2H6/c1-5-17(11-20(25)6-2)16(4)13-23-22-15(3)10-19(14-24-22)18-8-7-9-21(26)12-18;1-3-2;1-2/h5-10,12-14,25-26H,11H2,1-4H3,(H,23,24);3H2,1-2H3;1-2H3/b16-13+,17-5+,20-6+;;. The van der Waals surface area contributed by atoms with Crippen LogP contribution in [-0.4, -0.2) is 15.2 Å². The van der Waals surface area contributed by atoms with Crippen LogP contribution in [0.1, 0.15) is 66.9 Å². The van der Waals surface area contributed by atoms with Gasteiger partial charge in [0.15, 0.2) is 0 Å². The zero-order valence-electron chi connectivity index (χ0n) is 20.5. The van der Waals surface area contributed by atoms with E-state index in [2.05, 4.69) is 24.1 Å². The van der Waals surface area contributed by atoms with Gasteiger partial charge in [-0.05, 0) is 74.2 Å². The van der Waals surface area contributed by atoms with Crippen molar-refractivity contribution in [2.45, 2.75) is 68.2 Å². The number of hydrogen-bond acceptors (Lipinski definition) is 4. The van der Waals surface area contributed by atoms with E-state index in [-0.39, 0.29) is 5.75 Å². The van der Waals surface area contributed by atoms with Crippen LogP contribution in [-0.2, 0) is 0 Å². The van der Waals surface area contributed by atoms with Crippen LogP contribution in [0.4, 0.5) is 5.82 Å². The van der Waals surface area contributed by atoms with Gasteiger partial charge in [-0.25, -0.2) is 4.98 Å². The Labute approximate surface area is 189 Å². The zero-order chi connectivity index (χ0) is 23.8. The van der Waals surface area contributed by atoms with Crippen LogP contribution in [0.25, 0.3) is 11.1 Å². The van der Waals surface area contributed by atoms with E-state index in [1.165, 1.54) is 6.42 Å². The van der Waals surface area contributed by atoms with Gasteiger partial charge < -0.3 is 15.5 Å². The molecule has 0 fully saturated rings. The number of nitrogens with one attached hydrogen (secondary N) is 1. The summed E-state index contributed by atoms with van der Waals surface area (Å²) < 4.78 is 0. The highest BCUT2D eigenvalue weighted by molar-refractivity contribution is 5.67. The Kier molecular flexibility index (Phi) is 14.2. The number of rotatable bonds is 6. The number of benzene rings is 1. The van der Waals surface area contributed by atoms with Gasteiger partial charge in [0.2, 0.25) is 0 Å². The maximum absolute atomic E-state index is 9.74. The summed E-state index contributed by atoms with van der Waals surface area (Å²) in [6.07, 6.45) is 9.16. The second-order valence-electron chi connectivity index (χ2n) is 6.89. The van der Waals surface area contributed by atoms with Gasteiger partial charge in [0.05, 0.1) is 5.76 Å². The smallest absolute Gasteiger partial charge is 0.132 e. The third kappa shape index (κ3) is 10.0. The van der Waals surface area contributed by atoms with Gasteiger partial charge in [0, 0.05) is 24.4 Å². The van der Waals surface area contributed by atoms with Crippen LogP contribution in [0, 0.1) is 6.92 Å². The van der Waals surface area contributed by atoms with E-state index in [4.69, 9.17) is 0 Å². The summed E-state index contributed by atoms with van der Waals surface area (Å²) in [5.74, 6) is 1.37. The molecular weight excluding hydrogens is 384 g/mol. The van der Waals surface area contributed by atoms with E-state index in [0.717, 1.165) is 33.7 Å². The van der Waals surface area contributed by atoms with E-state index in [1.807, 2.05) is 72.0 Å². The molecule has 2 rings (SSSR count). The number of aryl methyl sites for hydroxylation is 1. The first kappa shape index (κ1) is 28.0. The van der Waals surface area contributed by atoms with Crippen molar-refractivity contribution in [3.05, 3.63) is 77.3 Å². The average Bonchev–Trinajstić information content (AvgIpc) is 2.78. The summed E-state index contributed by atoms with van der Waals surface area (Å²) in [5, 5.41) is 22.6. The summed E-state index contributed by atoms with van der Waals surface area (Å²) in [6, 6.07) is 9.17. The normalized spacial score (nSPS) is 11.7. The molecule has 3 N–H and O–H groups in total. The quantitative estimate of drug-likeness (QED) is 0.322. The van der Waals surface area contributed by atoms with Crippen molar-refractivity contribution in [1.29, 1.82) is 0 Å². The molecule has 2 aromatic rings. The Balaban J connectivity index is 0.00000165. The molecule has 170 valence electrons. The molecule has 0 unspecified atom stereocenters. The molecular formula is C27H40N2O2. The van der Waals surface area contributed by atoms with E-state index in [0.29, 0.717) is 12.2 Å². The molecule has 0 bridgehead atoms. The summed E-state index contributed by atoms with van der Waals surface area (Å²) in [4.78, 5) is 4.50. The van der Waals surface area contributed by atoms with Gasteiger partial charge >= 0.3 is 0 Å². The van der Waals surface area contributed by atoms with E-state index >= 15 is 0 Å². The first-order chi connectivity index (χ1) is 14.9. The fourth-order valence-corrected chi connectivity index (χ4v) is 2.60. The highest BCUT2D eigenvalue weighted by atomic mass is 16.3. The molecule has 0 aliphatic heterocycles. The van der Waals surface area contributed by atoms with Gasteiger partial charge in [0.25, 0.3) is 0 Å². The minimum atomic E-state index is 0.240. The number of nitrogens with zero attached hydrogens (tertiary/aromatic N) is 1. The average molecular weight is 425 g/mol. The van der Waals surface area contributed by atoms with Crippen LogP contribution in [0.3, 0.4) is 0 Å². The molecule has 31 heavy (non-hydrogen) atoms. The molecule has 4 heteroatoms. The second kappa shape index (κ2) is 15.8. The predicted octanol–water partition coefficient (Wildman–Crippen LogP) is 8.32. The number of phenolic OH excluding ortho intramolecular Hbond substituents is 1. The molecule has 4 nitrogen and oxygen atoms in total. The van der Waals surface area contributed by atoms with Crippen molar-refractivity contribution < 1.29 is 10.2 Å². The zero-order valence-corrected chi connectivity index (χ0v) is 20.5. The van der Waals surface area contributed by atoms with Crippen molar-refractivity contribution in [3.8, 4) is 16.9 Å². The number of allylic oxidation sites excluding steroid dienone is 4. The topological polar surface area (TPSA) is 65.4 Å². The molecule has 0 spiro atoms. The van der Waals surface area contributed by atoms with Crippen molar-refractivity contribution in [3.63, 3.8) is 0 Å². The van der Waals surface area contributed by atoms with E-state index in [1.54, 1.807) is 24.4 Å². The second-order valence-corrected chi connectivity index (χ2v) is 6.89. The first-order valence-corrected chi connectivity index (χ1v) is 11.0. The van der Waals surface area contributed by atoms with Gasteiger partial charge in [-0.2, -0.15) is 0 Å². The van der Waals surface area contributed by atoms with Gasteiger partial charge in [0.1, 0.15) is 11.6 Å². The van der Waals surface area contributed by atoms with Crippen molar-refractivity contribution >= 4 is 5.82 Å². The number of pyridine rings is 1. The lowest BCUT2D eigenvalue weighted by Gasteiger charge is -2.11. The Morgan fingerprint density at radius 1 is 1.06 bits per heavy atom. The number of aromatic nitrogens is 1. The number of aliphatic hydroxyl groups is 1. The minimum Gasteiger partial charge on any atom is -0.512 e. The van der Waals surface area contributed by atoms with Crippen LogP contribution < -0.4 is 5.32 Å². The van der Waals surface area contributed by atoms with Crippen LogP contribution in [0.5, 0.6) is 5.75 Å². The molecule has 1 heterocycles. The number of anilines is 1. The Bertz CT molecular complexity index is 881. The fraction of sp³-hybridized carbons (Fsp3) is 0.370. The lowest BCUT2D eigenvalue weighted by Crippen LogP contribution is -1.98. The third-order valence-electron chi connectivity index (χ3n) is 4.24. The molecule has 1 aromatic carbocycles. The molecule has 0 saturated carbocycles. The Morgan fingerprint density at radius 2 is 1.71 bits per heavy atom.